The van der Waals surface area contributed by atoms with Crippen molar-refractivity contribution in [1.82, 2.24) is 14.5 Å². The molecule has 0 spiro atoms. The van der Waals surface area contributed by atoms with Gasteiger partial charge in [0.25, 0.3) is 11.5 Å². The number of carbonyl (C=O) groups excluding carboxylic acids is 1. The van der Waals surface area contributed by atoms with Gasteiger partial charge < -0.3 is 5.32 Å². The summed E-state index contributed by atoms with van der Waals surface area (Å²) in [5, 5.41) is 3.14. The number of halogens is 2. The third-order valence-electron chi connectivity index (χ3n) is 3.84. The molecule has 26 heavy (non-hydrogen) atoms. The molecule has 3 heterocycles. The Balaban J connectivity index is 1.99. The largest absolute Gasteiger partial charge is 0.320 e. The lowest BCUT2D eigenvalue weighted by Crippen LogP contribution is -2.30. The van der Waals surface area contributed by atoms with Crippen molar-refractivity contribution >= 4 is 22.6 Å². The minimum absolute atomic E-state index is 0.0740. The first-order chi connectivity index (χ1) is 12.6. The first-order valence-corrected chi connectivity index (χ1v) is 8.07. The highest BCUT2D eigenvalue weighted by atomic mass is 19.1. The number of rotatable bonds is 6. The molecule has 3 rings (SSSR count). The summed E-state index contributed by atoms with van der Waals surface area (Å²) in [7, 11) is 0. The molecule has 0 saturated heterocycles. The Hall–Kier alpha value is -3.16. The number of hydrogen-bond acceptors (Lipinski definition) is 4. The molecular weight excluding hydrogens is 342 g/mol. The molecular formula is C18H16F2N4O2. The standard InChI is InChI=1S/C18H16F2N4O2/c19-7-1-2-9-24-16-12(4-3-8-21-16)10-14(18(24)26)17(25)23-13-5-6-15(20)22-11-13/h3-6,8,10-11H,1-2,7,9H2,(H,23,25). The zero-order valence-electron chi connectivity index (χ0n) is 13.8. The van der Waals surface area contributed by atoms with E-state index < -0.39 is 24.1 Å². The van der Waals surface area contributed by atoms with E-state index in [9.17, 15) is 18.4 Å². The maximum atomic E-state index is 12.9. The molecule has 1 N–H and O–H groups in total. The molecule has 0 unspecified atom stereocenters. The average molecular weight is 358 g/mol. The molecule has 0 fully saturated rings. The van der Waals surface area contributed by atoms with Gasteiger partial charge in [0.2, 0.25) is 5.95 Å². The summed E-state index contributed by atoms with van der Waals surface area (Å²) in [6, 6.07) is 7.36. The predicted octanol–water partition coefficient (Wildman–Crippen LogP) is 2.93. The number of carbonyl (C=O) groups is 1. The minimum atomic E-state index is -0.671. The van der Waals surface area contributed by atoms with E-state index >= 15 is 0 Å². The van der Waals surface area contributed by atoms with Gasteiger partial charge in [-0.05, 0) is 43.2 Å². The van der Waals surface area contributed by atoms with Crippen LogP contribution in [0.2, 0.25) is 0 Å². The summed E-state index contributed by atoms with van der Waals surface area (Å²) in [6.07, 6.45) is 3.49. The topological polar surface area (TPSA) is 76.9 Å². The van der Waals surface area contributed by atoms with E-state index in [0.717, 1.165) is 12.3 Å². The number of aryl methyl sites for hydroxylation is 1. The van der Waals surface area contributed by atoms with E-state index in [4.69, 9.17) is 0 Å². The summed E-state index contributed by atoms with van der Waals surface area (Å²) in [5.41, 5.74) is 0.125. The second kappa shape index (κ2) is 7.81. The Morgan fingerprint density at radius 2 is 2.04 bits per heavy atom. The number of hydrogen-bond donors (Lipinski definition) is 1. The number of fused-ring (bicyclic) bond motifs is 1. The molecule has 0 atom stereocenters. The van der Waals surface area contributed by atoms with Gasteiger partial charge >= 0.3 is 0 Å². The Kier molecular flexibility index (Phi) is 5.31. The minimum Gasteiger partial charge on any atom is -0.320 e. The van der Waals surface area contributed by atoms with Gasteiger partial charge in [-0.2, -0.15) is 4.39 Å². The van der Waals surface area contributed by atoms with Crippen molar-refractivity contribution in [2.45, 2.75) is 19.4 Å². The van der Waals surface area contributed by atoms with E-state index in [1.807, 2.05) is 0 Å². The third kappa shape index (κ3) is 3.74. The molecule has 3 aromatic rings. The number of nitrogens with one attached hydrogen (secondary N) is 1. The number of amides is 1. The lowest BCUT2D eigenvalue weighted by Gasteiger charge is -2.12. The Bertz CT molecular complexity index is 987. The van der Waals surface area contributed by atoms with Crippen LogP contribution in [0.5, 0.6) is 0 Å². The second-order valence-electron chi connectivity index (χ2n) is 5.65. The number of alkyl halides is 1. The molecule has 0 radical (unpaired) electrons. The van der Waals surface area contributed by atoms with Gasteiger partial charge in [-0.25, -0.2) is 9.97 Å². The number of unbranched alkanes of at least 4 members (excludes halogenated alkanes) is 1. The van der Waals surface area contributed by atoms with Crippen molar-refractivity contribution in [3.05, 3.63) is 64.6 Å². The Labute approximate surface area is 147 Å². The van der Waals surface area contributed by atoms with Crippen molar-refractivity contribution in [3.8, 4) is 0 Å². The van der Waals surface area contributed by atoms with Crippen LogP contribution in [0.1, 0.15) is 23.2 Å². The molecule has 3 aromatic heterocycles. The molecule has 1 amide bonds. The quantitative estimate of drug-likeness (QED) is 0.543. The number of pyridine rings is 3. The first-order valence-electron chi connectivity index (χ1n) is 8.07. The maximum absolute atomic E-state index is 12.9. The second-order valence-corrected chi connectivity index (χ2v) is 5.65. The summed E-state index contributed by atoms with van der Waals surface area (Å²) in [6.45, 7) is -0.215. The fraction of sp³-hybridized carbons (Fsp3) is 0.222. The van der Waals surface area contributed by atoms with Crippen LogP contribution < -0.4 is 10.9 Å². The smallest absolute Gasteiger partial charge is 0.265 e. The normalized spacial score (nSPS) is 10.8. The highest BCUT2D eigenvalue weighted by Gasteiger charge is 2.16. The SMILES string of the molecule is O=C(Nc1ccc(F)nc1)c1cc2cccnc2n(CCCCF)c1=O. The monoisotopic (exact) mass is 358 g/mol. The highest BCUT2D eigenvalue weighted by Crippen LogP contribution is 2.13. The van der Waals surface area contributed by atoms with E-state index in [1.165, 1.54) is 16.7 Å². The van der Waals surface area contributed by atoms with Crippen LogP contribution in [-0.2, 0) is 6.54 Å². The van der Waals surface area contributed by atoms with E-state index in [1.54, 1.807) is 18.3 Å². The third-order valence-corrected chi connectivity index (χ3v) is 3.84. The van der Waals surface area contributed by atoms with Gasteiger partial charge in [-0.1, -0.05) is 0 Å². The van der Waals surface area contributed by atoms with Gasteiger partial charge in [0.15, 0.2) is 0 Å². The van der Waals surface area contributed by atoms with E-state index in [0.29, 0.717) is 23.9 Å². The van der Waals surface area contributed by atoms with Crippen molar-refractivity contribution in [1.29, 1.82) is 0 Å². The molecule has 134 valence electrons. The molecule has 0 aromatic carbocycles. The zero-order valence-corrected chi connectivity index (χ0v) is 13.8. The van der Waals surface area contributed by atoms with Crippen molar-refractivity contribution in [3.63, 3.8) is 0 Å². The molecule has 0 bridgehead atoms. The van der Waals surface area contributed by atoms with Crippen LogP contribution in [0.25, 0.3) is 11.0 Å². The summed E-state index contributed by atoms with van der Waals surface area (Å²) in [4.78, 5) is 32.9. The first kappa shape index (κ1) is 17.7. The number of nitrogens with zero attached hydrogens (tertiary/aromatic N) is 3. The van der Waals surface area contributed by atoms with E-state index in [-0.39, 0.29) is 17.8 Å². The van der Waals surface area contributed by atoms with Crippen molar-refractivity contribution in [2.24, 2.45) is 0 Å². The highest BCUT2D eigenvalue weighted by molar-refractivity contribution is 6.05. The van der Waals surface area contributed by atoms with Crippen LogP contribution in [-0.4, -0.2) is 27.1 Å². The predicted molar refractivity (Wildman–Crippen MR) is 93.4 cm³/mol. The van der Waals surface area contributed by atoms with Crippen LogP contribution in [0.15, 0.2) is 47.5 Å². The van der Waals surface area contributed by atoms with Crippen LogP contribution >= 0.6 is 0 Å². The lowest BCUT2D eigenvalue weighted by molar-refractivity contribution is 0.102. The lowest BCUT2D eigenvalue weighted by atomic mass is 10.1. The molecule has 0 aliphatic heterocycles. The van der Waals surface area contributed by atoms with Crippen LogP contribution in [0.4, 0.5) is 14.5 Å². The molecule has 8 heteroatoms. The average Bonchev–Trinajstić information content (AvgIpc) is 2.65. The number of anilines is 1. The Morgan fingerprint density at radius 3 is 2.77 bits per heavy atom. The summed E-state index contributed by atoms with van der Waals surface area (Å²) in [5.74, 6) is -1.30. The van der Waals surface area contributed by atoms with Crippen molar-refractivity contribution in [2.75, 3.05) is 12.0 Å². The fourth-order valence-corrected chi connectivity index (χ4v) is 2.59. The summed E-state index contributed by atoms with van der Waals surface area (Å²) >= 11 is 0. The Morgan fingerprint density at radius 1 is 1.19 bits per heavy atom. The maximum Gasteiger partial charge on any atom is 0.265 e. The molecule has 0 aliphatic rings. The van der Waals surface area contributed by atoms with Gasteiger partial charge in [0, 0.05) is 18.1 Å². The van der Waals surface area contributed by atoms with Crippen LogP contribution in [0, 0.1) is 5.95 Å². The zero-order chi connectivity index (χ0) is 18.5. The molecule has 6 nitrogen and oxygen atoms in total. The molecule has 0 aliphatic carbocycles. The van der Waals surface area contributed by atoms with Gasteiger partial charge in [-0.15, -0.1) is 0 Å². The number of aromatic nitrogens is 3. The fourth-order valence-electron chi connectivity index (χ4n) is 2.59. The van der Waals surface area contributed by atoms with Gasteiger partial charge in [0.05, 0.1) is 18.6 Å². The summed E-state index contributed by atoms with van der Waals surface area (Å²) < 4.78 is 26.6. The van der Waals surface area contributed by atoms with E-state index in [2.05, 4.69) is 15.3 Å². The van der Waals surface area contributed by atoms with Crippen LogP contribution in [0.3, 0.4) is 0 Å². The molecule has 0 saturated carbocycles. The van der Waals surface area contributed by atoms with Gasteiger partial charge in [-0.3, -0.25) is 18.5 Å². The van der Waals surface area contributed by atoms with Gasteiger partial charge in [0.1, 0.15) is 11.2 Å². The van der Waals surface area contributed by atoms with Crippen molar-refractivity contribution < 1.29 is 13.6 Å².